The van der Waals surface area contributed by atoms with E-state index in [1.54, 1.807) is 0 Å². The van der Waals surface area contributed by atoms with Gasteiger partial charge >= 0.3 is 0 Å². The number of halogens is 2. The fourth-order valence-corrected chi connectivity index (χ4v) is 3.20. The van der Waals surface area contributed by atoms with Gasteiger partial charge in [-0.05, 0) is 78.9 Å². The van der Waals surface area contributed by atoms with Crippen molar-refractivity contribution in [3.8, 4) is 0 Å². The molecule has 1 saturated carbocycles. The van der Waals surface area contributed by atoms with Crippen molar-refractivity contribution in [2.45, 2.75) is 19.3 Å². The van der Waals surface area contributed by atoms with Crippen molar-refractivity contribution in [3.05, 3.63) is 76.7 Å². The highest BCUT2D eigenvalue weighted by molar-refractivity contribution is 6.31. The molecule has 0 saturated heterocycles. The van der Waals surface area contributed by atoms with E-state index in [-0.39, 0.29) is 5.82 Å². The molecule has 0 N–H and O–H groups in total. The molecule has 0 radical (unpaired) electrons. The van der Waals surface area contributed by atoms with Crippen molar-refractivity contribution in [1.29, 1.82) is 0 Å². The van der Waals surface area contributed by atoms with Crippen molar-refractivity contribution in [2.75, 3.05) is 0 Å². The van der Waals surface area contributed by atoms with Gasteiger partial charge in [-0.15, -0.1) is 0 Å². The van der Waals surface area contributed by atoms with E-state index in [1.807, 2.05) is 30.3 Å². The summed E-state index contributed by atoms with van der Waals surface area (Å²) in [7, 11) is 0. The first-order chi connectivity index (χ1) is 10.7. The molecule has 0 spiro atoms. The normalized spacial score (nSPS) is 14.2. The topological polar surface area (TPSA) is 4.93 Å². The molecule has 1 aliphatic rings. The Morgan fingerprint density at radius 2 is 1.77 bits per heavy atom. The van der Waals surface area contributed by atoms with Crippen LogP contribution in [0.25, 0.3) is 16.6 Å². The number of fused-ring (bicyclic) bond motifs is 1. The molecular weight excluding hydrogens is 297 g/mol. The zero-order chi connectivity index (χ0) is 15.1. The number of hydrogen-bond donors (Lipinski definition) is 0. The SMILES string of the molecule is Fc1ccc(C(=C2CCC2)n2ccc3cc(Cl)ccc32)cc1. The van der Waals surface area contributed by atoms with Gasteiger partial charge in [0.2, 0.25) is 0 Å². The zero-order valence-electron chi connectivity index (χ0n) is 12.0. The summed E-state index contributed by atoms with van der Waals surface area (Å²) in [6.07, 6.45) is 5.52. The maximum absolute atomic E-state index is 13.2. The first kappa shape index (κ1) is 13.6. The van der Waals surface area contributed by atoms with Gasteiger partial charge in [-0.3, -0.25) is 0 Å². The summed E-state index contributed by atoms with van der Waals surface area (Å²) < 4.78 is 15.5. The molecule has 2 aromatic carbocycles. The molecule has 4 rings (SSSR count). The number of benzene rings is 2. The predicted octanol–water partition coefficient (Wildman–Crippen LogP) is 5.88. The van der Waals surface area contributed by atoms with Crippen molar-refractivity contribution >= 4 is 28.2 Å². The third kappa shape index (κ3) is 2.24. The summed E-state index contributed by atoms with van der Waals surface area (Å²) in [6.45, 7) is 0. The minimum absolute atomic E-state index is 0.203. The van der Waals surface area contributed by atoms with Crippen LogP contribution in [0.1, 0.15) is 24.8 Å². The average molecular weight is 312 g/mol. The van der Waals surface area contributed by atoms with E-state index in [9.17, 15) is 4.39 Å². The van der Waals surface area contributed by atoms with E-state index in [0.29, 0.717) is 0 Å². The largest absolute Gasteiger partial charge is 0.316 e. The number of hydrogen-bond acceptors (Lipinski definition) is 0. The molecule has 1 heterocycles. The zero-order valence-corrected chi connectivity index (χ0v) is 12.8. The molecule has 0 amide bonds. The Kier molecular flexibility index (Phi) is 3.27. The van der Waals surface area contributed by atoms with E-state index in [1.165, 1.54) is 29.8 Å². The highest BCUT2D eigenvalue weighted by Gasteiger charge is 2.18. The molecule has 3 heteroatoms. The first-order valence-electron chi connectivity index (χ1n) is 7.47. The number of aromatic nitrogens is 1. The fourth-order valence-electron chi connectivity index (χ4n) is 3.02. The highest BCUT2D eigenvalue weighted by atomic mass is 35.5. The van der Waals surface area contributed by atoms with Crippen molar-refractivity contribution in [1.82, 2.24) is 4.57 Å². The summed E-state index contributed by atoms with van der Waals surface area (Å²) in [4.78, 5) is 0. The summed E-state index contributed by atoms with van der Waals surface area (Å²) in [5.74, 6) is -0.203. The number of nitrogens with zero attached hydrogens (tertiary/aromatic N) is 1. The molecule has 3 aromatic rings. The van der Waals surface area contributed by atoms with Crippen molar-refractivity contribution in [2.24, 2.45) is 0 Å². The van der Waals surface area contributed by atoms with Gasteiger partial charge in [0.05, 0.1) is 11.2 Å². The van der Waals surface area contributed by atoms with E-state index >= 15 is 0 Å². The Labute approximate surface area is 133 Å². The third-order valence-corrected chi connectivity index (χ3v) is 4.54. The van der Waals surface area contributed by atoms with Crippen LogP contribution in [0.15, 0.2) is 60.3 Å². The van der Waals surface area contributed by atoms with Gasteiger partial charge in [-0.2, -0.15) is 0 Å². The van der Waals surface area contributed by atoms with E-state index < -0.39 is 0 Å². The molecule has 1 aromatic heterocycles. The molecule has 22 heavy (non-hydrogen) atoms. The molecule has 0 atom stereocenters. The lowest BCUT2D eigenvalue weighted by atomic mass is 9.88. The number of rotatable bonds is 2. The van der Waals surface area contributed by atoms with Crippen LogP contribution in [0.5, 0.6) is 0 Å². The summed E-state index contributed by atoms with van der Waals surface area (Å²) in [5.41, 5.74) is 4.80. The summed E-state index contributed by atoms with van der Waals surface area (Å²) in [5, 5.41) is 1.86. The Bertz CT molecular complexity index is 868. The summed E-state index contributed by atoms with van der Waals surface area (Å²) in [6, 6.07) is 14.8. The van der Waals surface area contributed by atoms with Gasteiger partial charge in [0.1, 0.15) is 5.82 Å². The monoisotopic (exact) mass is 311 g/mol. The summed E-state index contributed by atoms with van der Waals surface area (Å²) >= 11 is 6.08. The third-order valence-electron chi connectivity index (χ3n) is 4.30. The van der Waals surface area contributed by atoms with Crippen LogP contribution in [0.2, 0.25) is 5.02 Å². The lowest BCUT2D eigenvalue weighted by molar-refractivity contribution is 0.627. The quantitative estimate of drug-likeness (QED) is 0.557. The maximum Gasteiger partial charge on any atom is 0.123 e. The Balaban J connectivity index is 1.93. The Morgan fingerprint density at radius 3 is 2.45 bits per heavy atom. The molecule has 0 unspecified atom stereocenters. The Morgan fingerprint density at radius 1 is 1.00 bits per heavy atom. The molecule has 1 aliphatic carbocycles. The second kappa shape index (κ2) is 5.29. The number of allylic oxidation sites excluding steroid dienone is 1. The molecular formula is C19H15ClFN. The second-order valence-electron chi connectivity index (χ2n) is 5.70. The molecule has 1 fully saturated rings. The van der Waals surface area contributed by atoms with E-state index in [0.717, 1.165) is 34.3 Å². The van der Waals surface area contributed by atoms with Crippen LogP contribution in [-0.2, 0) is 0 Å². The van der Waals surface area contributed by atoms with Gasteiger partial charge in [-0.1, -0.05) is 11.6 Å². The van der Waals surface area contributed by atoms with Gasteiger partial charge in [0.15, 0.2) is 0 Å². The van der Waals surface area contributed by atoms with Gasteiger partial charge in [-0.25, -0.2) is 4.39 Å². The predicted molar refractivity (Wildman–Crippen MR) is 89.5 cm³/mol. The molecule has 0 bridgehead atoms. The molecule has 0 aliphatic heterocycles. The van der Waals surface area contributed by atoms with Crippen LogP contribution in [0.4, 0.5) is 4.39 Å². The van der Waals surface area contributed by atoms with Crippen LogP contribution in [-0.4, -0.2) is 4.57 Å². The van der Waals surface area contributed by atoms with Gasteiger partial charge in [0.25, 0.3) is 0 Å². The van der Waals surface area contributed by atoms with E-state index in [2.05, 4.69) is 16.8 Å². The molecule has 1 nitrogen and oxygen atoms in total. The lowest BCUT2D eigenvalue weighted by Gasteiger charge is -2.24. The lowest BCUT2D eigenvalue weighted by Crippen LogP contribution is -2.08. The van der Waals surface area contributed by atoms with Crippen LogP contribution < -0.4 is 0 Å². The smallest absolute Gasteiger partial charge is 0.123 e. The minimum Gasteiger partial charge on any atom is -0.316 e. The maximum atomic E-state index is 13.2. The van der Waals surface area contributed by atoms with Gasteiger partial charge in [0, 0.05) is 16.6 Å². The van der Waals surface area contributed by atoms with Crippen LogP contribution in [0, 0.1) is 5.82 Å². The van der Waals surface area contributed by atoms with Crippen molar-refractivity contribution in [3.63, 3.8) is 0 Å². The molecule has 110 valence electrons. The van der Waals surface area contributed by atoms with E-state index in [4.69, 9.17) is 11.6 Å². The first-order valence-corrected chi connectivity index (χ1v) is 7.85. The fraction of sp³-hybridized carbons (Fsp3) is 0.158. The second-order valence-corrected chi connectivity index (χ2v) is 6.14. The van der Waals surface area contributed by atoms with Crippen LogP contribution >= 0.6 is 11.6 Å². The highest BCUT2D eigenvalue weighted by Crippen LogP contribution is 2.36. The van der Waals surface area contributed by atoms with Crippen LogP contribution in [0.3, 0.4) is 0 Å². The average Bonchev–Trinajstić information content (AvgIpc) is 2.86. The standard InChI is InChI=1S/C19H15ClFN/c20-16-6-9-18-15(12-16)10-11-22(18)19(13-2-1-3-13)14-4-7-17(21)8-5-14/h4-12H,1-3H2. The minimum atomic E-state index is -0.203. The van der Waals surface area contributed by atoms with Crippen molar-refractivity contribution < 1.29 is 4.39 Å². The van der Waals surface area contributed by atoms with Gasteiger partial charge < -0.3 is 4.57 Å². The Hall–Kier alpha value is -2.06.